The molecule has 1 fully saturated rings. The highest BCUT2D eigenvalue weighted by molar-refractivity contribution is 6.31. The third kappa shape index (κ3) is 2.51. The molecule has 6 heteroatoms. The molecule has 1 aliphatic rings. The minimum absolute atomic E-state index is 0.0874. The van der Waals surface area contributed by atoms with Crippen LogP contribution in [0.4, 0.5) is 4.39 Å². The molecular weight excluding hydrogens is 317 g/mol. The molecule has 1 aromatic carbocycles. The second-order valence-corrected chi connectivity index (χ2v) is 6.22. The van der Waals surface area contributed by atoms with E-state index in [1.807, 2.05) is 10.7 Å². The van der Waals surface area contributed by atoms with Gasteiger partial charge in [0.1, 0.15) is 17.6 Å². The maximum Gasteiger partial charge on any atom is 0.141 e. The van der Waals surface area contributed by atoms with Gasteiger partial charge in [-0.2, -0.15) is 5.10 Å². The van der Waals surface area contributed by atoms with Crippen LogP contribution in [-0.4, -0.2) is 21.1 Å². The van der Waals surface area contributed by atoms with Crippen molar-refractivity contribution in [3.05, 3.63) is 47.5 Å². The first-order valence-electron chi connectivity index (χ1n) is 7.39. The van der Waals surface area contributed by atoms with Gasteiger partial charge in [-0.3, -0.25) is 9.67 Å². The summed E-state index contributed by atoms with van der Waals surface area (Å²) in [5.41, 5.74) is 3.38. The smallest absolute Gasteiger partial charge is 0.141 e. The lowest BCUT2D eigenvalue weighted by Gasteiger charge is -2.05. The quantitative estimate of drug-likeness (QED) is 0.679. The highest BCUT2D eigenvalue weighted by Gasteiger charge is 2.39. The van der Waals surface area contributed by atoms with Crippen molar-refractivity contribution < 1.29 is 9.18 Å². The van der Waals surface area contributed by atoms with Gasteiger partial charge in [-0.15, -0.1) is 0 Å². The minimum Gasteiger partial charge on any atom is -0.303 e. The predicted molar refractivity (Wildman–Crippen MR) is 85.8 cm³/mol. The summed E-state index contributed by atoms with van der Waals surface area (Å²) in [4.78, 5) is 15.1. The lowest BCUT2D eigenvalue weighted by molar-refractivity contribution is -0.108. The van der Waals surface area contributed by atoms with E-state index in [0.717, 1.165) is 34.9 Å². The van der Waals surface area contributed by atoms with Gasteiger partial charge in [0.2, 0.25) is 0 Å². The highest BCUT2D eigenvalue weighted by Crippen LogP contribution is 2.46. The van der Waals surface area contributed by atoms with Crippen molar-refractivity contribution >= 4 is 28.9 Å². The molecule has 1 unspecified atom stereocenters. The largest absolute Gasteiger partial charge is 0.303 e. The van der Waals surface area contributed by atoms with Gasteiger partial charge in [-0.25, -0.2) is 4.39 Å². The molecule has 1 aliphatic carbocycles. The average molecular weight is 330 g/mol. The van der Waals surface area contributed by atoms with Crippen LogP contribution in [0, 0.1) is 11.7 Å². The molecule has 0 saturated heterocycles. The molecule has 4 rings (SSSR count). The Morgan fingerprint density at radius 3 is 2.96 bits per heavy atom. The van der Waals surface area contributed by atoms with Gasteiger partial charge < -0.3 is 4.79 Å². The van der Waals surface area contributed by atoms with E-state index >= 15 is 0 Å². The third-order valence-electron chi connectivity index (χ3n) is 4.30. The van der Waals surface area contributed by atoms with Crippen molar-refractivity contribution in [2.75, 3.05) is 0 Å². The molecule has 0 N–H and O–H groups in total. The van der Waals surface area contributed by atoms with Crippen LogP contribution in [-0.2, 0) is 4.79 Å². The molecule has 4 nitrogen and oxygen atoms in total. The molecule has 0 bridgehead atoms. The number of halogens is 2. The molecule has 0 amide bonds. The van der Waals surface area contributed by atoms with Crippen LogP contribution in [0.5, 0.6) is 0 Å². The average Bonchev–Trinajstić information content (AvgIpc) is 3.18. The topological polar surface area (TPSA) is 47.8 Å². The minimum atomic E-state index is -0.441. The van der Waals surface area contributed by atoms with Crippen LogP contribution >= 0.6 is 11.6 Å². The van der Waals surface area contributed by atoms with Gasteiger partial charge in [0.05, 0.1) is 22.8 Å². The number of fused-ring (bicyclic) bond motifs is 1. The first kappa shape index (κ1) is 14.3. The van der Waals surface area contributed by atoms with E-state index in [-0.39, 0.29) is 11.1 Å². The summed E-state index contributed by atoms with van der Waals surface area (Å²) >= 11 is 5.86. The summed E-state index contributed by atoms with van der Waals surface area (Å²) in [5.74, 6) is -0.0799. The lowest BCUT2D eigenvalue weighted by Crippen LogP contribution is -1.99. The van der Waals surface area contributed by atoms with Crippen molar-refractivity contribution in [3.63, 3.8) is 0 Å². The van der Waals surface area contributed by atoms with Crippen LogP contribution < -0.4 is 0 Å². The van der Waals surface area contributed by atoms with Gasteiger partial charge >= 0.3 is 0 Å². The molecule has 3 aromatic rings. The molecule has 116 valence electrons. The number of pyridine rings is 1. The fraction of sp³-hybridized carbons (Fsp3) is 0.235. The normalized spacial score (nSPS) is 19.9. The van der Waals surface area contributed by atoms with Crippen molar-refractivity contribution in [1.82, 2.24) is 14.8 Å². The number of hydrogen-bond acceptors (Lipinski definition) is 3. The van der Waals surface area contributed by atoms with Crippen LogP contribution in [0.25, 0.3) is 22.2 Å². The van der Waals surface area contributed by atoms with Crippen LogP contribution in [0.1, 0.15) is 18.9 Å². The predicted octanol–water partition coefficient (Wildman–Crippen LogP) is 4.04. The number of hydrogen-bond donors (Lipinski definition) is 0. The zero-order valence-electron chi connectivity index (χ0n) is 12.1. The highest BCUT2D eigenvalue weighted by atomic mass is 35.5. The van der Waals surface area contributed by atoms with Gasteiger partial charge in [-0.05, 0) is 36.1 Å². The number of aromatic nitrogens is 3. The van der Waals surface area contributed by atoms with Crippen molar-refractivity contribution in [1.29, 1.82) is 0 Å². The fourth-order valence-electron chi connectivity index (χ4n) is 2.93. The first-order valence-corrected chi connectivity index (χ1v) is 7.77. The maximum atomic E-state index is 13.3. The zero-order chi connectivity index (χ0) is 16.0. The fourth-order valence-corrected chi connectivity index (χ4v) is 3.11. The third-order valence-corrected chi connectivity index (χ3v) is 4.59. The van der Waals surface area contributed by atoms with Gasteiger partial charge in [0.15, 0.2) is 0 Å². The van der Waals surface area contributed by atoms with Gasteiger partial charge in [0, 0.05) is 18.2 Å². The van der Waals surface area contributed by atoms with Crippen molar-refractivity contribution in [2.24, 2.45) is 5.92 Å². The molecule has 2 aromatic heterocycles. The summed E-state index contributed by atoms with van der Waals surface area (Å²) in [6, 6.07) is 6.85. The number of carbonyl (C=O) groups is 1. The summed E-state index contributed by atoms with van der Waals surface area (Å²) < 4.78 is 15.3. The Bertz CT molecular complexity index is 908. The van der Waals surface area contributed by atoms with E-state index in [1.165, 1.54) is 6.07 Å². The number of rotatable bonds is 4. The van der Waals surface area contributed by atoms with E-state index in [0.29, 0.717) is 12.3 Å². The van der Waals surface area contributed by atoms with Crippen LogP contribution in [0.15, 0.2) is 36.7 Å². The Hall–Kier alpha value is -2.27. The van der Waals surface area contributed by atoms with E-state index in [9.17, 15) is 9.18 Å². The molecule has 2 heterocycles. The molecule has 0 aliphatic heterocycles. The lowest BCUT2D eigenvalue weighted by atomic mass is 10.1. The van der Waals surface area contributed by atoms with Crippen molar-refractivity contribution in [2.45, 2.75) is 18.9 Å². The number of benzene rings is 1. The van der Waals surface area contributed by atoms with E-state index < -0.39 is 5.82 Å². The second-order valence-electron chi connectivity index (χ2n) is 5.81. The molecular formula is C17H13ClFN3O. The standard InChI is InChI=1S/C17H13ClFN3O/c18-13-5-10(1-2-14(13)19)12-7-17-15(20-8-12)9-21-22(17)16-6-11(16)3-4-23/h1-2,4-5,7-9,11,16H,3,6H2/t11?,16-/m1/s1. The summed E-state index contributed by atoms with van der Waals surface area (Å²) in [5, 5.41) is 4.50. The Kier molecular flexibility index (Phi) is 3.38. The summed E-state index contributed by atoms with van der Waals surface area (Å²) in [6.45, 7) is 0. The molecule has 0 radical (unpaired) electrons. The van der Waals surface area contributed by atoms with Crippen LogP contribution in [0.3, 0.4) is 0 Å². The van der Waals surface area contributed by atoms with Gasteiger partial charge in [0.25, 0.3) is 0 Å². The van der Waals surface area contributed by atoms with E-state index in [2.05, 4.69) is 10.1 Å². The number of carbonyl (C=O) groups excluding carboxylic acids is 1. The Morgan fingerprint density at radius 1 is 1.30 bits per heavy atom. The number of aldehydes is 1. The Morgan fingerprint density at radius 2 is 2.17 bits per heavy atom. The Labute approximate surface area is 136 Å². The van der Waals surface area contributed by atoms with Gasteiger partial charge in [-0.1, -0.05) is 17.7 Å². The number of nitrogens with zero attached hydrogens (tertiary/aromatic N) is 3. The van der Waals surface area contributed by atoms with Crippen molar-refractivity contribution in [3.8, 4) is 11.1 Å². The van der Waals surface area contributed by atoms with E-state index in [1.54, 1.807) is 24.5 Å². The van der Waals surface area contributed by atoms with Crippen LogP contribution in [0.2, 0.25) is 5.02 Å². The first-order chi connectivity index (χ1) is 11.2. The zero-order valence-corrected chi connectivity index (χ0v) is 12.9. The molecule has 1 saturated carbocycles. The molecule has 0 spiro atoms. The monoisotopic (exact) mass is 329 g/mol. The molecule has 23 heavy (non-hydrogen) atoms. The molecule has 2 atom stereocenters. The maximum absolute atomic E-state index is 13.3. The second kappa shape index (κ2) is 5.42. The van der Waals surface area contributed by atoms with E-state index in [4.69, 9.17) is 11.6 Å². The SMILES string of the molecule is O=CCC1C[C@H]1n1ncc2ncc(-c3ccc(F)c(Cl)c3)cc21. The summed E-state index contributed by atoms with van der Waals surface area (Å²) in [6.07, 6.45) is 5.94. The Balaban J connectivity index is 1.75. The summed E-state index contributed by atoms with van der Waals surface area (Å²) in [7, 11) is 0.